The zero-order valence-corrected chi connectivity index (χ0v) is 9.07. The Bertz CT molecular complexity index is 124. The molecule has 12 heavy (non-hydrogen) atoms. The second kappa shape index (κ2) is 4.24. The fraction of sp³-hybridized carbons (Fsp3) is 1.00. The van der Waals surface area contributed by atoms with Crippen molar-refractivity contribution >= 4 is 0 Å². The first kappa shape index (κ1) is 11.9. The first-order valence-corrected chi connectivity index (χ1v) is 4.74. The van der Waals surface area contributed by atoms with Crippen molar-refractivity contribution in [1.82, 2.24) is 5.32 Å². The van der Waals surface area contributed by atoms with Crippen molar-refractivity contribution in [3.05, 3.63) is 0 Å². The van der Waals surface area contributed by atoms with E-state index in [4.69, 9.17) is 0 Å². The van der Waals surface area contributed by atoms with Gasteiger partial charge < -0.3 is 10.4 Å². The molecular weight excluding hydrogens is 150 g/mol. The van der Waals surface area contributed by atoms with Crippen molar-refractivity contribution in [2.24, 2.45) is 0 Å². The molecule has 0 aliphatic carbocycles. The highest BCUT2D eigenvalue weighted by Gasteiger charge is 2.18. The minimum Gasteiger partial charge on any atom is -0.390 e. The SMILES string of the molecule is CCC(C)(O)CCNC(C)(C)C. The van der Waals surface area contributed by atoms with Crippen LogP contribution in [-0.4, -0.2) is 22.8 Å². The maximum Gasteiger partial charge on any atom is 0.0629 e. The van der Waals surface area contributed by atoms with E-state index >= 15 is 0 Å². The summed E-state index contributed by atoms with van der Waals surface area (Å²) in [5.74, 6) is 0. The molecule has 0 heterocycles. The third-order valence-corrected chi connectivity index (χ3v) is 2.08. The molecule has 0 saturated carbocycles. The molecule has 1 atom stereocenters. The van der Waals surface area contributed by atoms with Crippen LogP contribution in [0.4, 0.5) is 0 Å². The molecule has 0 aliphatic heterocycles. The Morgan fingerprint density at radius 3 is 2.00 bits per heavy atom. The Morgan fingerprint density at radius 2 is 1.67 bits per heavy atom. The summed E-state index contributed by atoms with van der Waals surface area (Å²) < 4.78 is 0. The van der Waals surface area contributed by atoms with Crippen LogP contribution in [0.15, 0.2) is 0 Å². The molecule has 0 aromatic heterocycles. The van der Waals surface area contributed by atoms with E-state index in [0.29, 0.717) is 0 Å². The molecule has 1 unspecified atom stereocenters. The molecule has 2 nitrogen and oxygen atoms in total. The molecule has 0 radical (unpaired) electrons. The largest absolute Gasteiger partial charge is 0.390 e. The minimum absolute atomic E-state index is 0.157. The second-order valence-electron chi connectivity index (χ2n) is 4.78. The molecule has 0 amide bonds. The fourth-order valence-electron chi connectivity index (χ4n) is 0.884. The highest BCUT2D eigenvalue weighted by atomic mass is 16.3. The van der Waals surface area contributed by atoms with Crippen LogP contribution in [0.2, 0.25) is 0 Å². The van der Waals surface area contributed by atoms with Gasteiger partial charge in [0.05, 0.1) is 5.60 Å². The van der Waals surface area contributed by atoms with Gasteiger partial charge in [0.2, 0.25) is 0 Å². The van der Waals surface area contributed by atoms with Crippen molar-refractivity contribution in [3.63, 3.8) is 0 Å². The molecule has 0 rings (SSSR count). The lowest BCUT2D eigenvalue weighted by Gasteiger charge is -2.25. The predicted octanol–water partition coefficient (Wildman–Crippen LogP) is 1.93. The number of hydrogen-bond donors (Lipinski definition) is 2. The summed E-state index contributed by atoms with van der Waals surface area (Å²) >= 11 is 0. The lowest BCUT2D eigenvalue weighted by molar-refractivity contribution is 0.0457. The normalized spacial score (nSPS) is 17.5. The Morgan fingerprint density at radius 1 is 1.17 bits per heavy atom. The van der Waals surface area contributed by atoms with Gasteiger partial charge >= 0.3 is 0 Å². The van der Waals surface area contributed by atoms with Gasteiger partial charge in [0.15, 0.2) is 0 Å². The van der Waals surface area contributed by atoms with Gasteiger partial charge in [0.1, 0.15) is 0 Å². The van der Waals surface area contributed by atoms with E-state index in [1.807, 2.05) is 13.8 Å². The Labute approximate surface area is 76.4 Å². The van der Waals surface area contributed by atoms with Crippen molar-refractivity contribution in [2.75, 3.05) is 6.54 Å². The standard InChI is InChI=1S/C10H23NO/c1-6-10(5,12)7-8-11-9(2,3)4/h11-12H,6-8H2,1-5H3. The molecule has 0 bridgehead atoms. The summed E-state index contributed by atoms with van der Waals surface area (Å²) in [5, 5.41) is 13.0. The Hall–Kier alpha value is -0.0800. The molecule has 0 fully saturated rings. The van der Waals surface area contributed by atoms with E-state index < -0.39 is 5.60 Å². The first-order chi connectivity index (χ1) is 5.27. The van der Waals surface area contributed by atoms with Crippen LogP contribution in [0.3, 0.4) is 0 Å². The monoisotopic (exact) mass is 173 g/mol. The zero-order chi connectivity index (χ0) is 9.83. The molecule has 0 aromatic rings. The number of hydrogen-bond acceptors (Lipinski definition) is 2. The molecule has 74 valence electrons. The van der Waals surface area contributed by atoms with Gasteiger partial charge in [-0.25, -0.2) is 0 Å². The molecular formula is C10H23NO. The molecule has 0 aromatic carbocycles. The summed E-state index contributed by atoms with van der Waals surface area (Å²) in [6, 6.07) is 0. The summed E-state index contributed by atoms with van der Waals surface area (Å²) in [6.45, 7) is 11.2. The summed E-state index contributed by atoms with van der Waals surface area (Å²) in [5.41, 5.74) is -0.345. The summed E-state index contributed by atoms with van der Waals surface area (Å²) in [7, 11) is 0. The molecule has 2 heteroatoms. The van der Waals surface area contributed by atoms with Gasteiger partial charge in [-0.2, -0.15) is 0 Å². The summed E-state index contributed by atoms with van der Waals surface area (Å²) in [6.07, 6.45) is 1.64. The first-order valence-electron chi connectivity index (χ1n) is 4.74. The van der Waals surface area contributed by atoms with Crippen LogP contribution in [0.1, 0.15) is 47.5 Å². The van der Waals surface area contributed by atoms with Crippen LogP contribution in [-0.2, 0) is 0 Å². The van der Waals surface area contributed by atoms with E-state index in [1.54, 1.807) is 0 Å². The predicted molar refractivity (Wildman–Crippen MR) is 53.3 cm³/mol. The van der Waals surface area contributed by atoms with E-state index in [-0.39, 0.29) is 5.54 Å². The van der Waals surface area contributed by atoms with Gasteiger partial charge in [0, 0.05) is 5.54 Å². The van der Waals surface area contributed by atoms with Gasteiger partial charge in [-0.05, 0) is 47.1 Å². The Balaban J connectivity index is 3.57. The third kappa shape index (κ3) is 6.62. The lowest BCUT2D eigenvalue weighted by Crippen LogP contribution is -2.39. The van der Waals surface area contributed by atoms with Gasteiger partial charge in [-0.1, -0.05) is 6.92 Å². The van der Waals surface area contributed by atoms with E-state index in [9.17, 15) is 5.11 Å². The number of aliphatic hydroxyl groups is 1. The average Bonchev–Trinajstić information content (AvgIpc) is 1.84. The second-order valence-corrected chi connectivity index (χ2v) is 4.78. The van der Waals surface area contributed by atoms with Crippen LogP contribution in [0.5, 0.6) is 0 Å². The van der Waals surface area contributed by atoms with Crippen LogP contribution in [0, 0.1) is 0 Å². The van der Waals surface area contributed by atoms with Gasteiger partial charge in [0.25, 0.3) is 0 Å². The van der Waals surface area contributed by atoms with Crippen molar-refractivity contribution in [3.8, 4) is 0 Å². The minimum atomic E-state index is -0.502. The number of rotatable bonds is 4. The molecule has 2 N–H and O–H groups in total. The third-order valence-electron chi connectivity index (χ3n) is 2.08. The van der Waals surface area contributed by atoms with Crippen molar-refractivity contribution in [1.29, 1.82) is 0 Å². The van der Waals surface area contributed by atoms with Gasteiger partial charge in [-0.3, -0.25) is 0 Å². The van der Waals surface area contributed by atoms with Crippen LogP contribution < -0.4 is 5.32 Å². The molecule has 0 spiro atoms. The highest BCUT2D eigenvalue weighted by molar-refractivity contribution is 4.75. The van der Waals surface area contributed by atoms with E-state index in [1.165, 1.54) is 0 Å². The Kier molecular flexibility index (Phi) is 4.21. The maximum absolute atomic E-state index is 9.68. The number of nitrogens with one attached hydrogen (secondary N) is 1. The topological polar surface area (TPSA) is 32.3 Å². The van der Waals surface area contributed by atoms with Crippen LogP contribution in [0.25, 0.3) is 0 Å². The lowest BCUT2D eigenvalue weighted by atomic mass is 9.98. The van der Waals surface area contributed by atoms with E-state index in [2.05, 4.69) is 26.1 Å². The van der Waals surface area contributed by atoms with Crippen molar-refractivity contribution < 1.29 is 5.11 Å². The highest BCUT2D eigenvalue weighted by Crippen LogP contribution is 2.13. The van der Waals surface area contributed by atoms with Gasteiger partial charge in [-0.15, -0.1) is 0 Å². The summed E-state index contributed by atoms with van der Waals surface area (Å²) in [4.78, 5) is 0. The van der Waals surface area contributed by atoms with Crippen molar-refractivity contribution in [2.45, 2.75) is 58.6 Å². The molecule has 0 aliphatic rings. The smallest absolute Gasteiger partial charge is 0.0629 e. The molecule has 0 saturated heterocycles. The maximum atomic E-state index is 9.68. The fourth-order valence-corrected chi connectivity index (χ4v) is 0.884. The van der Waals surface area contributed by atoms with Crippen LogP contribution >= 0.6 is 0 Å². The van der Waals surface area contributed by atoms with E-state index in [0.717, 1.165) is 19.4 Å². The average molecular weight is 173 g/mol. The quantitative estimate of drug-likeness (QED) is 0.681. The zero-order valence-electron chi connectivity index (χ0n) is 9.07.